The molecule has 5 heteroatoms. The van der Waals surface area contributed by atoms with Gasteiger partial charge >= 0.3 is 0 Å². The summed E-state index contributed by atoms with van der Waals surface area (Å²) in [5.41, 5.74) is -0.621. The van der Waals surface area contributed by atoms with E-state index in [-0.39, 0.29) is 5.91 Å². The third kappa shape index (κ3) is 4.31. The maximum Gasteiger partial charge on any atom is 0.246 e. The molecule has 5 nitrogen and oxygen atoms in total. The molecule has 126 valence electrons. The fourth-order valence-electron chi connectivity index (χ4n) is 2.99. The Morgan fingerprint density at radius 1 is 1.09 bits per heavy atom. The summed E-state index contributed by atoms with van der Waals surface area (Å²) < 4.78 is 5.95. The second-order valence-electron chi connectivity index (χ2n) is 6.39. The van der Waals surface area contributed by atoms with E-state index < -0.39 is 11.4 Å². The molecule has 0 aromatic carbocycles. The zero-order valence-corrected chi connectivity index (χ0v) is 14.1. The Kier molecular flexibility index (Phi) is 6.01. The molecular formula is C17H29NO4. The van der Waals surface area contributed by atoms with Crippen LogP contribution in [0.1, 0.15) is 59.3 Å². The molecule has 1 spiro atoms. The second-order valence-corrected chi connectivity index (χ2v) is 6.39. The zero-order chi connectivity index (χ0) is 16.1. The number of hydrogen-bond donors (Lipinski definition) is 0. The summed E-state index contributed by atoms with van der Waals surface area (Å²) in [5, 5.41) is 0. The van der Waals surface area contributed by atoms with E-state index in [0.717, 1.165) is 25.7 Å². The molecule has 0 bridgehead atoms. The van der Waals surface area contributed by atoms with Gasteiger partial charge in [-0.2, -0.15) is 0 Å². The monoisotopic (exact) mass is 311 g/mol. The first-order chi connectivity index (χ1) is 10.5. The summed E-state index contributed by atoms with van der Waals surface area (Å²) >= 11 is 0. The van der Waals surface area contributed by atoms with Crippen LogP contribution in [0.4, 0.5) is 0 Å². The third-order valence-electron chi connectivity index (χ3n) is 4.62. The summed E-state index contributed by atoms with van der Waals surface area (Å²) in [5.74, 6) is -0.570. The van der Waals surface area contributed by atoms with Crippen molar-refractivity contribution in [3.63, 3.8) is 0 Å². The van der Waals surface area contributed by atoms with Gasteiger partial charge in [-0.1, -0.05) is 6.42 Å². The Labute approximate surface area is 133 Å². The van der Waals surface area contributed by atoms with Crippen LogP contribution in [0.3, 0.4) is 0 Å². The molecule has 1 heterocycles. The highest BCUT2D eigenvalue weighted by atomic mass is 17.2. The number of amides is 1. The SMILES string of the molecule is CCN(CC)C(=O)/C=C/C1(C)CCOC2(CCCCC2)OO1. The molecule has 0 aromatic heterocycles. The summed E-state index contributed by atoms with van der Waals surface area (Å²) in [4.78, 5) is 25.2. The van der Waals surface area contributed by atoms with Gasteiger partial charge in [0.1, 0.15) is 5.60 Å². The van der Waals surface area contributed by atoms with Gasteiger partial charge in [-0.05, 0) is 39.7 Å². The van der Waals surface area contributed by atoms with Crippen molar-refractivity contribution in [1.29, 1.82) is 0 Å². The minimum atomic E-state index is -0.621. The fraction of sp³-hybridized carbons (Fsp3) is 0.824. The molecule has 1 unspecified atom stereocenters. The van der Waals surface area contributed by atoms with Crippen molar-refractivity contribution in [3.05, 3.63) is 12.2 Å². The number of likely N-dealkylation sites (N-methyl/N-ethyl adjacent to an activating group) is 1. The van der Waals surface area contributed by atoms with Crippen LogP contribution in [-0.4, -0.2) is 41.9 Å². The highest BCUT2D eigenvalue weighted by molar-refractivity contribution is 5.87. The van der Waals surface area contributed by atoms with Crippen molar-refractivity contribution in [3.8, 4) is 0 Å². The molecule has 2 aliphatic rings. The lowest BCUT2D eigenvalue weighted by atomic mass is 9.94. The van der Waals surface area contributed by atoms with Crippen LogP contribution >= 0.6 is 0 Å². The van der Waals surface area contributed by atoms with E-state index in [1.807, 2.05) is 20.8 Å². The van der Waals surface area contributed by atoms with Crippen molar-refractivity contribution in [1.82, 2.24) is 4.90 Å². The van der Waals surface area contributed by atoms with Gasteiger partial charge < -0.3 is 9.64 Å². The number of hydrogen-bond acceptors (Lipinski definition) is 4. The van der Waals surface area contributed by atoms with Crippen LogP contribution in [0.15, 0.2) is 12.2 Å². The molecule has 0 radical (unpaired) electrons. The van der Waals surface area contributed by atoms with Crippen molar-refractivity contribution >= 4 is 5.91 Å². The average Bonchev–Trinajstić information content (AvgIpc) is 2.68. The first-order valence-electron chi connectivity index (χ1n) is 8.51. The largest absolute Gasteiger partial charge is 0.347 e. The van der Waals surface area contributed by atoms with Gasteiger partial charge in [0.25, 0.3) is 0 Å². The quantitative estimate of drug-likeness (QED) is 0.591. The first-order valence-corrected chi connectivity index (χ1v) is 8.51. The number of nitrogens with zero attached hydrogens (tertiary/aromatic N) is 1. The van der Waals surface area contributed by atoms with Gasteiger partial charge in [0.15, 0.2) is 0 Å². The van der Waals surface area contributed by atoms with E-state index in [4.69, 9.17) is 14.5 Å². The lowest BCUT2D eigenvalue weighted by Gasteiger charge is -2.34. The van der Waals surface area contributed by atoms with Crippen molar-refractivity contribution in [2.24, 2.45) is 0 Å². The topological polar surface area (TPSA) is 48.0 Å². The van der Waals surface area contributed by atoms with Crippen LogP contribution in [0.2, 0.25) is 0 Å². The summed E-state index contributed by atoms with van der Waals surface area (Å²) in [6, 6.07) is 0. The Hall–Kier alpha value is -0.910. The predicted octanol–water partition coefficient (Wildman–Crippen LogP) is 3.20. The maximum absolute atomic E-state index is 12.1. The Morgan fingerprint density at radius 2 is 1.77 bits per heavy atom. The van der Waals surface area contributed by atoms with Crippen LogP contribution in [0.5, 0.6) is 0 Å². The molecule has 0 aromatic rings. The van der Waals surface area contributed by atoms with E-state index in [1.165, 1.54) is 6.42 Å². The van der Waals surface area contributed by atoms with Gasteiger partial charge in [0.2, 0.25) is 11.7 Å². The molecule has 1 aliphatic carbocycles. The highest BCUT2D eigenvalue weighted by Crippen LogP contribution is 2.37. The van der Waals surface area contributed by atoms with E-state index in [9.17, 15) is 4.79 Å². The predicted molar refractivity (Wildman–Crippen MR) is 84.0 cm³/mol. The second kappa shape index (κ2) is 7.57. The van der Waals surface area contributed by atoms with Gasteiger partial charge in [-0.25, -0.2) is 9.78 Å². The molecule has 0 N–H and O–H groups in total. The van der Waals surface area contributed by atoms with Gasteiger partial charge in [0, 0.05) is 38.4 Å². The molecule has 1 saturated carbocycles. The van der Waals surface area contributed by atoms with E-state index >= 15 is 0 Å². The van der Waals surface area contributed by atoms with Gasteiger partial charge in [-0.3, -0.25) is 4.79 Å². The molecule has 1 saturated heterocycles. The lowest BCUT2D eigenvalue weighted by molar-refractivity contribution is -0.445. The number of carbonyl (C=O) groups is 1. The van der Waals surface area contributed by atoms with E-state index in [0.29, 0.717) is 26.1 Å². The molecule has 1 amide bonds. The first kappa shape index (κ1) is 17.4. The number of ether oxygens (including phenoxy) is 1. The van der Waals surface area contributed by atoms with E-state index in [1.54, 1.807) is 17.1 Å². The highest BCUT2D eigenvalue weighted by Gasteiger charge is 2.41. The number of rotatable bonds is 4. The smallest absolute Gasteiger partial charge is 0.246 e. The Bertz CT molecular complexity index is 399. The van der Waals surface area contributed by atoms with Crippen LogP contribution < -0.4 is 0 Å². The maximum atomic E-state index is 12.1. The third-order valence-corrected chi connectivity index (χ3v) is 4.62. The van der Waals surface area contributed by atoms with Crippen LogP contribution in [0.25, 0.3) is 0 Å². The lowest BCUT2D eigenvalue weighted by Crippen LogP contribution is -2.38. The minimum absolute atomic E-state index is 0.00682. The van der Waals surface area contributed by atoms with E-state index in [2.05, 4.69) is 0 Å². The molecule has 1 atom stereocenters. The van der Waals surface area contributed by atoms with Crippen LogP contribution in [0, 0.1) is 0 Å². The molecule has 22 heavy (non-hydrogen) atoms. The fourth-order valence-corrected chi connectivity index (χ4v) is 2.99. The van der Waals surface area contributed by atoms with Crippen molar-refractivity contribution < 1.29 is 19.3 Å². The molecule has 2 rings (SSSR count). The van der Waals surface area contributed by atoms with Crippen LogP contribution in [-0.2, 0) is 19.3 Å². The minimum Gasteiger partial charge on any atom is -0.347 e. The molecular weight excluding hydrogens is 282 g/mol. The normalized spacial score (nSPS) is 28.7. The summed E-state index contributed by atoms with van der Waals surface area (Å²) in [6.45, 7) is 7.89. The van der Waals surface area contributed by atoms with Gasteiger partial charge in [-0.15, -0.1) is 0 Å². The van der Waals surface area contributed by atoms with Gasteiger partial charge in [0.05, 0.1) is 6.61 Å². The summed E-state index contributed by atoms with van der Waals surface area (Å²) in [6.07, 6.45) is 9.28. The van der Waals surface area contributed by atoms with Crippen molar-refractivity contribution in [2.75, 3.05) is 19.7 Å². The standard InChI is InChI=1S/C17H29NO4/c1-4-18(5-2)15(19)9-12-16(3)13-14-20-17(22-21-16)10-7-6-8-11-17/h9,12H,4-8,10-11,13-14H2,1-3H3/b12-9+. The van der Waals surface area contributed by atoms with Crippen molar-refractivity contribution in [2.45, 2.75) is 70.7 Å². The molecule has 1 aliphatic heterocycles. The Morgan fingerprint density at radius 3 is 2.41 bits per heavy atom. The molecule has 2 fully saturated rings. The zero-order valence-electron chi connectivity index (χ0n) is 14.1. The number of carbonyl (C=O) groups excluding carboxylic acids is 1. The average molecular weight is 311 g/mol. The summed E-state index contributed by atoms with van der Waals surface area (Å²) in [7, 11) is 0. The Balaban J connectivity index is 1.97.